The standard InChI is InChI=1S/C11H11N3O4S2/c15-10(16)9-5-8(6-14(9)7-1-2-7)20(17,18)13-11-12-3-4-19-11/h3-7H,1-2H2,(H,12,13)(H,15,16). The predicted molar refractivity (Wildman–Crippen MR) is 72.6 cm³/mol. The van der Waals surface area contributed by atoms with Crippen molar-refractivity contribution in [2.75, 3.05) is 4.72 Å². The highest BCUT2D eigenvalue weighted by molar-refractivity contribution is 7.93. The van der Waals surface area contributed by atoms with E-state index >= 15 is 0 Å². The summed E-state index contributed by atoms with van der Waals surface area (Å²) in [5.74, 6) is -1.13. The van der Waals surface area contributed by atoms with Gasteiger partial charge in [0.05, 0.1) is 0 Å². The summed E-state index contributed by atoms with van der Waals surface area (Å²) >= 11 is 1.16. The smallest absolute Gasteiger partial charge is 0.352 e. The van der Waals surface area contributed by atoms with Gasteiger partial charge in [0.2, 0.25) is 0 Å². The maximum absolute atomic E-state index is 12.2. The highest BCUT2D eigenvalue weighted by Crippen LogP contribution is 2.37. The lowest BCUT2D eigenvalue weighted by Gasteiger charge is -2.03. The Morgan fingerprint density at radius 3 is 2.80 bits per heavy atom. The van der Waals surface area contributed by atoms with Crippen molar-refractivity contribution in [2.45, 2.75) is 23.8 Å². The monoisotopic (exact) mass is 313 g/mol. The van der Waals surface area contributed by atoms with E-state index in [1.807, 2.05) is 0 Å². The molecule has 106 valence electrons. The summed E-state index contributed by atoms with van der Waals surface area (Å²) in [6.45, 7) is 0. The number of nitrogens with zero attached hydrogens (tertiary/aromatic N) is 2. The highest BCUT2D eigenvalue weighted by Gasteiger charge is 2.30. The van der Waals surface area contributed by atoms with Gasteiger partial charge in [0.15, 0.2) is 5.13 Å². The molecule has 0 bridgehead atoms. The van der Waals surface area contributed by atoms with E-state index in [1.165, 1.54) is 23.0 Å². The zero-order valence-corrected chi connectivity index (χ0v) is 11.8. The first-order chi connectivity index (χ1) is 9.47. The molecule has 2 heterocycles. The Labute approximate surface area is 118 Å². The Morgan fingerprint density at radius 1 is 1.50 bits per heavy atom. The second kappa shape index (κ2) is 4.60. The predicted octanol–water partition coefficient (Wildman–Crippen LogP) is 1.78. The third-order valence-corrected chi connectivity index (χ3v) is 5.07. The SMILES string of the molecule is O=C(O)c1cc(S(=O)(=O)Nc2nccs2)cn1C1CC1. The van der Waals surface area contributed by atoms with Gasteiger partial charge in [-0.1, -0.05) is 0 Å². The van der Waals surface area contributed by atoms with Crippen LogP contribution in [0.15, 0.2) is 28.7 Å². The molecule has 0 atom stereocenters. The number of sulfonamides is 1. The van der Waals surface area contributed by atoms with Gasteiger partial charge in [-0.05, 0) is 18.9 Å². The van der Waals surface area contributed by atoms with Gasteiger partial charge in [0, 0.05) is 23.8 Å². The normalized spacial score (nSPS) is 15.2. The molecular weight excluding hydrogens is 302 g/mol. The molecule has 2 N–H and O–H groups in total. The first kappa shape index (κ1) is 13.1. The number of thiazole rings is 1. The molecule has 20 heavy (non-hydrogen) atoms. The van der Waals surface area contributed by atoms with Crippen molar-refractivity contribution in [3.05, 3.63) is 29.5 Å². The van der Waals surface area contributed by atoms with Crippen molar-refractivity contribution >= 4 is 32.5 Å². The molecule has 3 rings (SSSR count). The van der Waals surface area contributed by atoms with Crippen molar-refractivity contribution < 1.29 is 18.3 Å². The molecule has 0 radical (unpaired) electrons. The van der Waals surface area contributed by atoms with E-state index in [1.54, 1.807) is 5.38 Å². The molecule has 1 aliphatic carbocycles. The average molecular weight is 313 g/mol. The number of hydrogen-bond donors (Lipinski definition) is 2. The number of rotatable bonds is 5. The molecule has 0 saturated heterocycles. The quantitative estimate of drug-likeness (QED) is 0.876. The number of aromatic carboxylic acids is 1. The number of carbonyl (C=O) groups is 1. The summed E-state index contributed by atoms with van der Waals surface area (Å²) in [5.41, 5.74) is -0.00739. The molecule has 1 aliphatic rings. The first-order valence-electron chi connectivity index (χ1n) is 5.85. The fourth-order valence-electron chi connectivity index (χ4n) is 1.87. The molecule has 0 spiro atoms. The van der Waals surface area contributed by atoms with Crippen LogP contribution in [0.3, 0.4) is 0 Å². The van der Waals surface area contributed by atoms with E-state index in [0.717, 1.165) is 24.2 Å². The van der Waals surface area contributed by atoms with Gasteiger partial charge in [-0.2, -0.15) is 0 Å². The summed E-state index contributed by atoms with van der Waals surface area (Å²) in [7, 11) is -3.81. The number of aromatic nitrogens is 2. The van der Waals surface area contributed by atoms with E-state index in [-0.39, 0.29) is 21.8 Å². The van der Waals surface area contributed by atoms with Crippen LogP contribution in [0.1, 0.15) is 29.4 Å². The van der Waals surface area contributed by atoms with Crippen molar-refractivity contribution in [3.63, 3.8) is 0 Å². The summed E-state index contributed by atoms with van der Waals surface area (Å²) < 4.78 is 28.2. The van der Waals surface area contributed by atoms with Gasteiger partial charge in [0.1, 0.15) is 10.6 Å². The van der Waals surface area contributed by atoms with Crippen LogP contribution < -0.4 is 4.72 Å². The summed E-state index contributed by atoms with van der Waals surface area (Å²) in [4.78, 5) is 15.0. The maximum atomic E-state index is 12.2. The van der Waals surface area contributed by atoms with Crippen molar-refractivity contribution in [1.29, 1.82) is 0 Å². The Morgan fingerprint density at radius 2 is 2.25 bits per heavy atom. The molecule has 2 aromatic heterocycles. The van der Waals surface area contributed by atoms with Gasteiger partial charge < -0.3 is 9.67 Å². The first-order valence-corrected chi connectivity index (χ1v) is 8.21. The molecule has 1 fully saturated rings. The average Bonchev–Trinajstić information content (AvgIpc) is 2.90. The minimum absolute atomic E-state index is 0.00739. The van der Waals surface area contributed by atoms with Crippen LogP contribution in [-0.4, -0.2) is 29.0 Å². The Balaban J connectivity index is 1.97. The fourth-order valence-corrected chi connectivity index (χ4v) is 3.69. The number of carboxylic acid groups (broad SMARTS) is 1. The maximum Gasteiger partial charge on any atom is 0.352 e. The Hall–Kier alpha value is -1.87. The van der Waals surface area contributed by atoms with Gasteiger partial charge in [-0.3, -0.25) is 4.72 Å². The molecule has 0 aromatic carbocycles. The van der Waals surface area contributed by atoms with Crippen molar-refractivity contribution in [3.8, 4) is 0 Å². The van der Waals surface area contributed by atoms with Crippen LogP contribution in [0.25, 0.3) is 0 Å². The summed E-state index contributed by atoms with van der Waals surface area (Å²) in [5, 5.41) is 11.0. The molecule has 2 aromatic rings. The van der Waals surface area contributed by atoms with Crippen LogP contribution in [-0.2, 0) is 10.0 Å². The van der Waals surface area contributed by atoms with E-state index < -0.39 is 16.0 Å². The van der Waals surface area contributed by atoms with E-state index in [0.29, 0.717) is 0 Å². The minimum atomic E-state index is -3.81. The second-order valence-electron chi connectivity index (χ2n) is 4.45. The fraction of sp³-hybridized carbons (Fsp3) is 0.273. The Bertz CT molecular complexity index is 745. The van der Waals surface area contributed by atoms with Gasteiger partial charge in [-0.15, -0.1) is 11.3 Å². The van der Waals surface area contributed by atoms with Gasteiger partial charge >= 0.3 is 5.97 Å². The molecule has 0 unspecified atom stereocenters. The van der Waals surface area contributed by atoms with E-state index in [2.05, 4.69) is 9.71 Å². The zero-order valence-electron chi connectivity index (χ0n) is 10.2. The van der Waals surface area contributed by atoms with Crippen molar-refractivity contribution in [1.82, 2.24) is 9.55 Å². The number of nitrogens with one attached hydrogen (secondary N) is 1. The lowest BCUT2D eigenvalue weighted by molar-refractivity contribution is 0.0685. The van der Waals surface area contributed by atoms with Crippen LogP contribution in [0.5, 0.6) is 0 Å². The lowest BCUT2D eigenvalue weighted by atomic mass is 10.4. The second-order valence-corrected chi connectivity index (χ2v) is 7.02. The number of hydrogen-bond acceptors (Lipinski definition) is 5. The molecule has 9 heteroatoms. The minimum Gasteiger partial charge on any atom is -0.477 e. The Kier molecular flexibility index (Phi) is 3.02. The molecule has 1 saturated carbocycles. The molecular formula is C11H11N3O4S2. The van der Waals surface area contributed by atoms with Crippen LogP contribution in [0.2, 0.25) is 0 Å². The largest absolute Gasteiger partial charge is 0.477 e. The van der Waals surface area contributed by atoms with E-state index in [9.17, 15) is 13.2 Å². The third kappa shape index (κ3) is 2.41. The lowest BCUT2D eigenvalue weighted by Crippen LogP contribution is -2.12. The topological polar surface area (TPSA) is 101 Å². The van der Waals surface area contributed by atoms with Gasteiger partial charge in [-0.25, -0.2) is 18.2 Å². The summed E-state index contributed by atoms with van der Waals surface area (Å²) in [6, 6.07) is 1.27. The molecule has 0 amide bonds. The van der Waals surface area contributed by atoms with Crippen molar-refractivity contribution in [2.24, 2.45) is 0 Å². The van der Waals surface area contributed by atoms with Crippen LogP contribution >= 0.6 is 11.3 Å². The molecule has 7 nitrogen and oxygen atoms in total. The van der Waals surface area contributed by atoms with Gasteiger partial charge in [0.25, 0.3) is 10.0 Å². The van der Waals surface area contributed by atoms with Crippen LogP contribution in [0.4, 0.5) is 5.13 Å². The molecule has 0 aliphatic heterocycles. The van der Waals surface area contributed by atoms with E-state index in [4.69, 9.17) is 5.11 Å². The third-order valence-electron chi connectivity index (χ3n) is 2.95. The zero-order chi connectivity index (χ0) is 14.3. The summed E-state index contributed by atoms with van der Waals surface area (Å²) in [6.07, 6.45) is 4.60. The number of anilines is 1. The highest BCUT2D eigenvalue weighted by atomic mass is 32.2. The number of carboxylic acids is 1. The van der Waals surface area contributed by atoms with Crippen LogP contribution in [0, 0.1) is 0 Å².